The molecule has 2 heteroatoms. The van der Waals surface area contributed by atoms with Gasteiger partial charge in [0.2, 0.25) is 0 Å². The maximum Gasteiger partial charge on any atom is 0.121 e. The summed E-state index contributed by atoms with van der Waals surface area (Å²) in [6, 6.07) is 3.91. The Morgan fingerprint density at radius 2 is 1.73 bits per heavy atom. The summed E-state index contributed by atoms with van der Waals surface area (Å²) in [6.07, 6.45) is 0. The maximum atomic E-state index is 9.40. The Balaban J connectivity index is 3.21. The SMILES string of the molecule is Cc1cc(CS)cc(C)c1O. The van der Waals surface area contributed by atoms with E-state index >= 15 is 0 Å². The average Bonchev–Trinajstić information content (AvgIpc) is 1.99. The van der Waals surface area contributed by atoms with E-state index < -0.39 is 0 Å². The zero-order valence-corrected chi connectivity index (χ0v) is 7.65. The van der Waals surface area contributed by atoms with Crippen molar-refractivity contribution < 1.29 is 5.11 Å². The first kappa shape index (κ1) is 8.47. The first-order valence-corrected chi connectivity index (χ1v) is 4.18. The molecule has 0 aliphatic heterocycles. The number of thiol groups is 1. The first-order valence-electron chi connectivity index (χ1n) is 3.55. The normalized spacial score (nSPS) is 10.1. The van der Waals surface area contributed by atoms with Crippen LogP contribution in [0.3, 0.4) is 0 Å². The lowest BCUT2D eigenvalue weighted by molar-refractivity contribution is 0.466. The van der Waals surface area contributed by atoms with Gasteiger partial charge in [-0.25, -0.2) is 0 Å². The van der Waals surface area contributed by atoms with E-state index in [4.69, 9.17) is 0 Å². The van der Waals surface area contributed by atoms with E-state index in [0.717, 1.165) is 22.4 Å². The standard InChI is InChI=1S/C9H12OS/c1-6-3-8(5-11)4-7(2)9(6)10/h3-4,10-11H,5H2,1-2H3. The zero-order valence-electron chi connectivity index (χ0n) is 6.76. The number of phenolic OH excluding ortho intramolecular Hbond substituents is 1. The minimum absolute atomic E-state index is 0.399. The summed E-state index contributed by atoms with van der Waals surface area (Å²) >= 11 is 4.16. The fourth-order valence-corrected chi connectivity index (χ4v) is 1.32. The summed E-state index contributed by atoms with van der Waals surface area (Å²) in [4.78, 5) is 0. The van der Waals surface area contributed by atoms with Gasteiger partial charge in [0.1, 0.15) is 5.75 Å². The summed E-state index contributed by atoms with van der Waals surface area (Å²) in [5.41, 5.74) is 3.00. The molecule has 0 amide bonds. The molecular weight excluding hydrogens is 156 g/mol. The molecule has 1 rings (SSSR count). The van der Waals surface area contributed by atoms with E-state index in [1.807, 2.05) is 26.0 Å². The molecule has 0 atom stereocenters. The van der Waals surface area contributed by atoms with Gasteiger partial charge < -0.3 is 5.11 Å². The Bertz CT molecular complexity index is 245. The lowest BCUT2D eigenvalue weighted by atomic mass is 10.1. The quantitative estimate of drug-likeness (QED) is 0.617. The van der Waals surface area contributed by atoms with E-state index in [-0.39, 0.29) is 0 Å². The van der Waals surface area contributed by atoms with Gasteiger partial charge >= 0.3 is 0 Å². The van der Waals surface area contributed by atoms with Crippen molar-refractivity contribution in [3.8, 4) is 5.75 Å². The maximum absolute atomic E-state index is 9.40. The number of hydrogen-bond donors (Lipinski definition) is 2. The van der Waals surface area contributed by atoms with Crippen LogP contribution in [0.1, 0.15) is 16.7 Å². The molecule has 1 aromatic carbocycles. The Labute approximate surface area is 72.5 Å². The largest absolute Gasteiger partial charge is 0.507 e. The topological polar surface area (TPSA) is 20.2 Å². The van der Waals surface area contributed by atoms with Crippen molar-refractivity contribution in [1.29, 1.82) is 0 Å². The van der Waals surface area contributed by atoms with Crippen LogP contribution in [0.2, 0.25) is 0 Å². The van der Waals surface area contributed by atoms with E-state index in [1.54, 1.807) is 0 Å². The zero-order chi connectivity index (χ0) is 8.43. The highest BCUT2D eigenvalue weighted by molar-refractivity contribution is 7.79. The van der Waals surface area contributed by atoms with Gasteiger partial charge in [-0.15, -0.1) is 0 Å². The average molecular weight is 168 g/mol. The number of rotatable bonds is 1. The van der Waals surface area contributed by atoms with Crippen molar-refractivity contribution in [2.45, 2.75) is 19.6 Å². The van der Waals surface area contributed by atoms with E-state index in [9.17, 15) is 5.11 Å². The summed E-state index contributed by atoms with van der Waals surface area (Å²) in [5.74, 6) is 1.12. The van der Waals surface area contributed by atoms with Crippen molar-refractivity contribution in [3.63, 3.8) is 0 Å². The van der Waals surface area contributed by atoms with Crippen LogP contribution in [0.5, 0.6) is 5.75 Å². The number of aromatic hydroxyl groups is 1. The molecule has 0 saturated carbocycles. The van der Waals surface area contributed by atoms with Crippen molar-refractivity contribution in [2.24, 2.45) is 0 Å². The van der Waals surface area contributed by atoms with Crippen molar-refractivity contribution in [2.75, 3.05) is 0 Å². The van der Waals surface area contributed by atoms with Gasteiger partial charge in [0.25, 0.3) is 0 Å². The minimum atomic E-state index is 0.399. The van der Waals surface area contributed by atoms with Gasteiger partial charge in [0, 0.05) is 5.75 Å². The summed E-state index contributed by atoms with van der Waals surface area (Å²) < 4.78 is 0. The minimum Gasteiger partial charge on any atom is -0.507 e. The fourth-order valence-electron chi connectivity index (χ4n) is 1.14. The van der Waals surface area contributed by atoms with Gasteiger partial charge in [-0.2, -0.15) is 12.6 Å². The third-order valence-electron chi connectivity index (χ3n) is 1.73. The van der Waals surface area contributed by atoms with Crippen LogP contribution in [0.15, 0.2) is 12.1 Å². The lowest BCUT2D eigenvalue weighted by Crippen LogP contribution is -1.85. The van der Waals surface area contributed by atoms with Crippen LogP contribution in [-0.2, 0) is 5.75 Å². The van der Waals surface area contributed by atoms with Crippen LogP contribution < -0.4 is 0 Å². The predicted octanol–water partition coefficient (Wildman–Crippen LogP) is 2.44. The molecule has 0 aromatic heterocycles. The smallest absolute Gasteiger partial charge is 0.121 e. The summed E-state index contributed by atoms with van der Waals surface area (Å²) in [7, 11) is 0. The second kappa shape index (κ2) is 3.18. The van der Waals surface area contributed by atoms with Crippen molar-refractivity contribution in [3.05, 3.63) is 28.8 Å². The van der Waals surface area contributed by atoms with Crippen LogP contribution in [0.25, 0.3) is 0 Å². The molecule has 0 spiro atoms. The van der Waals surface area contributed by atoms with E-state index in [2.05, 4.69) is 12.6 Å². The van der Waals surface area contributed by atoms with E-state index in [1.165, 1.54) is 0 Å². The number of phenols is 1. The van der Waals surface area contributed by atoms with Gasteiger partial charge in [0.15, 0.2) is 0 Å². The molecule has 60 valence electrons. The number of hydrogen-bond acceptors (Lipinski definition) is 2. The molecule has 0 unspecified atom stereocenters. The summed E-state index contributed by atoms with van der Waals surface area (Å²) in [5, 5.41) is 9.40. The second-order valence-electron chi connectivity index (χ2n) is 2.74. The van der Waals surface area contributed by atoms with E-state index in [0.29, 0.717) is 5.75 Å². The van der Waals surface area contributed by atoms with Gasteiger partial charge in [0.05, 0.1) is 0 Å². The Morgan fingerprint density at radius 3 is 2.09 bits per heavy atom. The Kier molecular flexibility index (Phi) is 2.45. The predicted molar refractivity (Wildman–Crippen MR) is 50.3 cm³/mol. The third kappa shape index (κ3) is 1.69. The Hall–Kier alpha value is -0.630. The number of aryl methyl sites for hydroxylation is 2. The molecule has 0 aliphatic carbocycles. The van der Waals surface area contributed by atoms with Crippen LogP contribution in [0, 0.1) is 13.8 Å². The molecule has 1 nitrogen and oxygen atoms in total. The van der Waals surface area contributed by atoms with Gasteiger partial charge in [-0.05, 0) is 30.5 Å². The molecule has 1 N–H and O–H groups in total. The molecular formula is C9H12OS. The monoisotopic (exact) mass is 168 g/mol. The van der Waals surface area contributed by atoms with Crippen LogP contribution in [0.4, 0.5) is 0 Å². The van der Waals surface area contributed by atoms with Crippen LogP contribution in [-0.4, -0.2) is 5.11 Å². The second-order valence-corrected chi connectivity index (χ2v) is 3.05. The fraction of sp³-hybridized carbons (Fsp3) is 0.333. The van der Waals surface area contributed by atoms with Gasteiger partial charge in [-0.3, -0.25) is 0 Å². The number of benzene rings is 1. The highest BCUT2D eigenvalue weighted by Gasteiger charge is 2.01. The third-order valence-corrected chi connectivity index (χ3v) is 2.10. The van der Waals surface area contributed by atoms with Gasteiger partial charge in [-0.1, -0.05) is 12.1 Å². The lowest BCUT2D eigenvalue weighted by Gasteiger charge is -2.04. The molecule has 1 aromatic rings. The molecule has 0 bridgehead atoms. The van der Waals surface area contributed by atoms with Crippen molar-refractivity contribution >= 4 is 12.6 Å². The molecule has 0 aliphatic rings. The van der Waals surface area contributed by atoms with Crippen molar-refractivity contribution in [1.82, 2.24) is 0 Å². The highest BCUT2D eigenvalue weighted by atomic mass is 32.1. The first-order chi connectivity index (χ1) is 5.15. The molecule has 0 heterocycles. The van der Waals surface area contributed by atoms with Crippen LogP contribution >= 0.6 is 12.6 Å². The molecule has 11 heavy (non-hydrogen) atoms. The molecule has 0 radical (unpaired) electrons. The highest BCUT2D eigenvalue weighted by Crippen LogP contribution is 2.23. The molecule has 0 saturated heterocycles. The summed E-state index contributed by atoms with van der Waals surface area (Å²) in [6.45, 7) is 3.80. The Morgan fingerprint density at radius 1 is 1.27 bits per heavy atom. The molecule has 0 fully saturated rings.